The number of hydrogen-bond donors (Lipinski definition) is 2. The van der Waals surface area contributed by atoms with Crippen molar-refractivity contribution >= 4 is 38.9 Å². The molecule has 0 aliphatic rings. The van der Waals surface area contributed by atoms with Crippen LogP contribution in [0.2, 0.25) is 10.0 Å². The van der Waals surface area contributed by atoms with Crippen LogP contribution in [-0.2, 0) is 10.0 Å². The van der Waals surface area contributed by atoms with Gasteiger partial charge in [-0.3, -0.25) is 4.72 Å². The van der Waals surface area contributed by atoms with Gasteiger partial charge < -0.3 is 5.73 Å². The summed E-state index contributed by atoms with van der Waals surface area (Å²) >= 11 is 11.9. The number of nitrogens with two attached hydrogens (primary N) is 1. The average Bonchev–Trinajstić information content (AvgIpc) is 2.44. The van der Waals surface area contributed by atoms with Crippen LogP contribution in [0.3, 0.4) is 0 Å². The number of halogens is 2. The number of sulfonamides is 1. The summed E-state index contributed by atoms with van der Waals surface area (Å²) < 4.78 is 27.2. The Morgan fingerprint density at radius 3 is 2.48 bits per heavy atom. The molecule has 1 atom stereocenters. The van der Waals surface area contributed by atoms with Crippen molar-refractivity contribution in [3.05, 3.63) is 58.1 Å². The molecule has 2 aromatic carbocycles. The highest BCUT2D eigenvalue weighted by atomic mass is 35.5. The second kappa shape index (κ2) is 6.23. The van der Waals surface area contributed by atoms with Crippen molar-refractivity contribution in [2.24, 2.45) is 5.73 Å². The van der Waals surface area contributed by atoms with Gasteiger partial charge in [-0.25, -0.2) is 8.42 Å². The van der Waals surface area contributed by atoms with Crippen LogP contribution in [0.5, 0.6) is 0 Å². The van der Waals surface area contributed by atoms with E-state index in [1.54, 1.807) is 37.3 Å². The third kappa shape index (κ3) is 3.68. The molecule has 0 heterocycles. The first-order valence-corrected chi connectivity index (χ1v) is 8.37. The molecule has 2 aromatic rings. The zero-order valence-corrected chi connectivity index (χ0v) is 13.5. The summed E-state index contributed by atoms with van der Waals surface area (Å²) in [6.45, 7) is 1.78. The van der Waals surface area contributed by atoms with Gasteiger partial charge in [0.1, 0.15) is 0 Å². The topological polar surface area (TPSA) is 72.2 Å². The van der Waals surface area contributed by atoms with Gasteiger partial charge in [-0.2, -0.15) is 0 Å². The van der Waals surface area contributed by atoms with E-state index < -0.39 is 10.0 Å². The van der Waals surface area contributed by atoms with Crippen molar-refractivity contribution < 1.29 is 8.42 Å². The number of nitrogens with one attached hydrogen (secondary N) is 1. The lowest BCUT2D eigenvalue weighted by Crippen LogP contribution is -2.14. The molecule has 0 saturated heterocycles. The predicted octanol–water partition coefficient (Wildman–Crippen LogP) is 3.81. The van der Waals surface area contributed by atoms with Crippen molar-refractivity contribution in [1.82, 2.24) is 0 Å². The molecular formula is C14H14Cl2N2O2S. The first kappa shape index (κ1) is 16.1. The summed E-state index contributed by atoms with van der Waals surface area (Å²) in [4.78, 5) is 0.119. The molecule has 0 saturated carbocycles. The van der Waals surface area contributed by atoms with Crippen LogP contribution < -0.4 is 10.5 Å². The van der Waals surface area contributed by atoms with Gasteiger partial charge in [0.25, 0.3) is 10.0 Å². The van der Waals surface area contributed by atoms with Gasteiger partial charge in [-0.05, 0) is 36.8 Å². The second-order valence-corrected chi connectivity index (χ2v) is 7.04. The van der Waals surface area contributed by atoms with E-state index in [1.165, 1.54) is 12.1 Å². The molecule has 7 heteroatoms. The molecule has 0 spiro atoms. The van der Waals surface area contributed by atoms with E-state index in [2.05, 4.69) is 4.72 Å². The van der Waals surface area contributed by atoms with Crippen molar-refractivity contribution in [3.63, 3.8) is 0 Å². The van der Waals surface area contributed by atoms with E-state index >= 15 is 0 Å². The molecule has 112 valence electrons. The summed E-state index contributed by atoms with van der Waals surface area (Å²) in [5, 5.41) is 0.437. The van der Waals surface area contributed by atoms with Gasteiger partial charge in [-0.1, -0.05) is 41.4 Å². The van der Waals surface area contributed by atoms with Crippen molar-refractivity contribution in [3.8, 4) is 0 Å². The number of benzene rings is 2. The maximum atomic E-state index is 12.4. The SMILES string of the molecule is CC(N)c1cccc(S(=O)(=O)Nc2cccc(Cl)c2Cl)c1. The number of hydrogen-bond acceptors (Lipinski definition) is 3. The molecule has 21 heavy (non-hydrogen) atoms. The maximum absolute atomic E-state index is 12.4. The fraction of sp³-hybridized carbons (Fsp3) is 0.143. The third-order valence-corrected chi connectivity index (χ3v) is 5.07. The van der Waals surface area contributed by atoms with Crippen LogP contribution in [0, 0.1) is 0 Å². The van der Waals surface area contributed by atoms with E-state index in [0.29, 0.717) is 0 Å². The van der Waals surface area contributed by atoms with Crippen molar-refractivity contribution in [1.29, 1.82) is 0 Å². The minimum Gasteiger partial charge on any atom is -0.324 e. The Morgan fingerprint density at radius 1 is 1.14 bits per heavy atom. The number of anilines is 1. The third-order valence-electron chi connectivity index (χ3n) is 2.89. The minimum absolute atomic E-state index is 0.119. The Labute approximate surface area is 133 Å². The maximum Gasteiger partial charge on any atom is 0.261 e. The van der Waals surface area contributed by atoms with Crippen LogP contribution in [-0.4, -0.2) is 8.42 Å². The monoisotopic (exact) mass is 344 g/mol. The fourth-order valence-corrected chi connectivity index (χ4v) is 3.28. The van der Waals surface area contributed by atoms with Gasteiger partial charge >= 0.3 is 0 Å². The molecule has 0 radical (unpaired) electrons. The van der Waals surface area contributed by atoms with Crippen LogP contribution in [0.25, 0.3) is 0 Å². The first-order valence-electron chi connectivity index (χ1n) is 6.13. The molecule has 0 aliphatic carbocycles. The van der Waals surface area contributed by atoms with E-state index in [4.69, 9.17) is 28.9 Å². The molecular weight excluding hydrogens is 331 g/mol. The summed E-state index contributed by atoms with van der Waals surface area (Å²) in [5.41, 5.74) is 6.73. The highest BCUT2D eigenvalue weighted by Gasteiger charge is 2.17. The Hall–Kier alpha value is -1.27. The summed E-state index contributed by atoms with van der Waals surface area (Å²) in [5.74, 6) is 0. The molecule has 0 amide bonds. The second-order valence-electron chi connectivity index (χ2n) is 4.57. The first-order chi connectivity index (χ1) is 9.81. The Bertz CT molecular complexity index is 761. The number of rotatable bonds is 4. The largest absolute Gasteiger partial charge is 0.324 e. The molecule has 2 rings (SSSR count). The van der Waals surface area contributed by atoms with Crippen LogP contribution in [0.1, 0.15) is 18.5 Å². The minimum atomic E-state index is -3.76. The highest BCUT2D eigenvalue weighted by Crippen LogP contribution is 2.31. The van der Waals surface area contributed by atoms with Gasteiger partial charge in [0.05, 0.1) is 20.6 Å². The fourth-order valence-electron chi connectivity index (χ4n) is 1.75. The molecule has 0 bridgehead atoms. The highest BCUT2D eigenvalue weighted by molar-refractivity contribution is 7.92. The molecule has 1 unspecified atom stereocenters. The zero-order valence-electron chi connectivity index (χ0n) is 11.2. The van der Waals surface area contributed by atoms with Crippen molar-refractivity contribution in [2.75, 3.05) is 4.72 Å². The van der Waals surface area contributed by atoms with Crippen LogP contribution >= 0.6 is 23.2 Å². The van der Waals surface area contributed by atoms with E-state index in [1.807, 2.05) is 0 Å². The Kier molecular flexibility index (Phi) is 4.78. The quantitative estimate of drug-likeness (QED) is 0.885. The van der Waals surface area contributed by atoms with Crippen LogP contribution in [0.4, 0.5) is 5.69 Å². The van der Waals surface area contributed by atoms with Gasteiger partial charge in [0, 0.05) is 6.04 Å². The zero-order chi connectivity index (χ0) is 15.6. The normalized spacial score (nSPS) is 13.0. The van der Waals surface area contributed by atoms with Gasteiger partial charge in [0.15, 0.2) is 0 Å². The molecule has 3 N–H and O–H groups in total. The summed E-state index contributed by atoms with van der Waals surface area (Å²) in [6, 6.07) is 10.9. The average molecular weight is 345 g/mol. The molecule has 0 aromatic heterocycles. The van der Waals surface area contributed by atoms with E-state index in [-0.39, 0.29) is 26.7 Å². The van der Waals surface area contributed by atoms with E-state index in [0.717, 1.165) is 5.56 Å². The standard InChI is InChI=1S/C14H14Cl2N2O2S/c1-9(17)10-4-2-5-11(8-10)21(19,20)18-13-7-3-6-12(15)14(13)16/h2-9,18H,17H2,1H3. The summed E-state index contributed by atoms with van der Waals surface area (Å²) in [6.07, 6.45) is 0. The van der Waals surface area contributed by atoms with Gasteiger partial charge in [0.2, 0.25) is 0 Å². The van der Waals surface area contributed by atoms with Crippen molar-refractivity contribution in [2.45, 2.75) is 17.9 Å². The lowest BCUT2D eigenvalue weighted by Gasteiger charge is -2.12. The Morgan fingerprint density at radius 2 is 1.81 bits per heavy atom. The lowest BCUT2D eigenvalue weighted by atomic mass is 10.1. The van der Waals surface area contributed by atoms with Crippen LogP contribution in [0.15, 0.2) is 47.4 Å². The molecule has 0 aliphatic heterocycles. The molecule has 4 nitrogen and oxygen atoms in total. The lowest BCUT2D eigenvalue weighted by molar-refractivity contribution is 0.601. The summed E-state index contributed by atoms with van der Waals surface area (Å²) in [7, 11) is -3.76. The predicted molar refractivity (Wildman–Crippen MR) is 86.3 cm³/mol. The van der Waals surface area contributed by atoms with Gasteiger partial charge in [-0.15, -0.1) is 0 Å². The van der Waals surface area contributed by atoms with E-state index in [9.17, 15) is 8.42 Å². The smallest absolute Gasteiger partial charge is 0.261 e. The molecule has 0 fully saturated rings. The Balaban J connectivity index is 2.39.